The predicted molar refractivity (Wildman–Crippen MR) is 147 cm³/mol. The Kier molecular flexibility index (Phi) is 12.4. The topological polar surface area (TPSA) is 0 Å². The van der Waals surface area contributed by atoms with Crippen molar-refractivity contribution in [3.05, 3.63) is 131 Å². The second-order valence-corrected chi connectivity index (χ2v) is 10.2. The molecule has 0 aliphatic heterocycles. The molecule has 2 aliphatic rings. The third kappa shape index (κ3) is 7.73. The van der Waals surface area contributed by atoms with E-state index in [1.807, 2.05) is 6.07 Å². The summed E-state index contributed by atoms with van der Waals surface area (Å²) in [6, 6.07) is 33.0. The minimum atomic E-state index is 0. The molecule has 1 atom stereocenters. The van der Waals surface area contributed by atoms with Gasteiger partial charge in [-0.1, -0.05) is 74.9 Å². The molecule has 0 fully saturated rings. The monoisotopic (exact) mass is 600 g/mol. The summed E-state index contributed by atoms with van der Waals surface area (Å²) in [6.07, 6.45) is 6.73. The van der Waals surface area contributed by atoms with Crippen molar-refractivity contribution >= 4 is 14.5 Å². The Bertz CT molecular complexity index is 1350. The largest absolute Gasteiger partial charge is 0.179 e. The molecule has 4 aromatic carbocycles. The van der Waals surface area contributed by atoms with E-state index < -0.39 is 0 Å². The molecule has 0 saturated heterocycles. The van der Waals surface area contributed by atoms with E-state index in [2.05, 4.69) is 128 Å². The Hall–Kier alpha value is -2.05. The molecule has 0 radical (unpaired) electrons. The Morgan fingerprint density at radius 3 is 2.22 bits per heavy atom. The molecule has 0 heterocycles. The van der Waals surface area contributed by atoms with Crippen LogP contribution in [-0.4, -0.2) is 3.71 Å². The van der Waals surface area contributed by atoms with E-state index in [1.54, 1.807) is 0 Å². The summed E-state index contributed by atoms with van der Waals surface area (Å²) in [5.41, 5.74) is 9.69. The maximum Gasteiger partial charge on any atom is -0.0253 e. The number of fused-ring (bicyclic) bond motifs is 4. The molecule has 6 rings (SSSR count). The fourth-order valence-corrected chi connectivity index (χ4v) is 5.48. The zero-order valence-electron chi connectivity index (χ0n) is 21.9. The van der Waals surface area contributed by atoms with Crippen molar-refractivity contribution in [2.45, 2.75) is 34.1 Å². The normalized spacial score (nSPS) is 14.4. The molecule has 0 spiro atoms. The molecule has 0 amide bonds. The van der Waals surface area contributed by atoms with E-state index in [9.17, 15) is 0 Å². The van der Waals surface area contributed by atoms with Gasteiger partial charge in [-0.15, -0.1) is 5.56 Å². The second-order valence-electron chi connectivity index (χ2n) is 9.44. The van der Waals surface area contributed by atoms with Gasteiger partial charge in [0.1, 0.15) is 0 Å². The van der Waals surface area contributed by atoms with Crippen LogP contribution in [0.5, 0.6) is 0 Å². The molecule has 37 heavy (non-hydrogen) atoms. The Morgan fingerprint density at radius 2 is 1.54 bits per heavy atom. The molecule has 1 unspecified atom stereocenters. The van der Waals surface area contributed by atoms with E-state index in [-0.39, 0.29) is 24.8 Å². The van der Waals surface area contributed by atoms with Gasteiger partial charge in [-0.05, 0) is 6.42 Å². The molecule has 4 aromatic rings. The molecule has 0 saturated carbocycles. The average molecular weight is 603 g/mol. The van der Waals surface area contributed by atoms with Crippen LogP contribution in [0.25, 0.3) is 21.9 Å². The molecular formula is C34H32Cl2Zr-2. The number of halogens is 2. The van der Waals surface area contributed by atoms with Crippen LogP contribution in [0, 0.1) is 24.0 Å². The van der Waals surface area contributed by atoms with Gasteiger partial charge in [0.2, 0.25) is 0 Å². The fraction of sp³-hybridized carbons (Fsp3) is 0.206. The van der Waals surface area contributed by atoms with Crippen LogP contribution in [0.1, 0.15) is 44.4 Å². The third-order valence-electron chi connectivity index (χ3n) is 6.52. The average Bonchev–Trinajstić information content (AvgIpc) is 3.43. The van der Waals surface area contributed by atoms with E-state index >= 15 is 0 Å². The molecule has 2 aliphatic carbocycles. The van der Waals surface area contributed by atoms with E-state index in [0.717, 1.165) is 6.42 Å². The van der Waals surface area contributed by atoms with Crippen LogP contribution in [0.3, 0.4) is 0 Å². The first-order chi connectivity index (χ1) is 17.0. The number of allylic oxidation sites excluding steroid dienone is 4. The van der Waals surface area contributed by atoms with Crippen molar-refractivity contribution in [1.29, 1.82) is 0 Å². The molecule has 0 N–H and O–H groups in total. The first-order valence-electron chi connectivity index (χ1n) is 12.4. The van der Waals surface area contributed by atoms with Crippen molar-refractivity contribution in [2.75, 3.05) is 0 Å². The maximum absolute atomic E-state index is 3.37. The Morgan fingerprint density at radius 1 is 0.865 bits per heavy atom. The van der Waals surface area contributed by atoms with Crippen molar-refractivity contribution in [3.8, 4) is 11.1 Å². The predicted octanol–water partition coefficient (Wildman–Crippen LogP) is 2.57. The smallest absolute Gasteiger partial charge is 0.0253 e. The van der Waals surface area contributed by atoms with Crippen molar-refractivity contribution in [2.24, 2.45) is 11.8 Å². The second kappa shape index (κ2) is 14.8. The first kappa shape index (κ1) is 31.2. The van der Waals surface area contributed by atoms with Gasteiger partial charge in [0.15, 0.2) is 0 Å². The Balaban J connectivity index is 0.000000192. The van der Waals surface area contributed by atoms with Crippen molar-refractivity contribution in [3.63, 3.8) is 0 Å². The standard InChI is InChI=1S/C13H9.C11H8.C10H15.2ClH.Zr/c1-3-7-12-10(5-1)9-11-6-2-4-8-13(11)12;1-9-5-4-7-10-6-2-3-8-11(9)10;1-7(2)10-6-8(3)5-9(10)4;;;/h1-5,7-8H,9H2;1-8H;6-8H,1-4H3;2*1H;/q-1;;-1;;;+2/p-2. The van der Waals surface area contributed by atoms with Crippen LogP contribution >= 0.6 is 0 Å². The number of hydrogen-bond donors (Lipinski definition) is 0. The van der Waals surface area contributed by atoms with E-state index in [0.29, 0.717) is 11.8 Å². The molecule has 3 heteroatoms. The molecular weight excluding hydrogens is 571 g/mol. The Labute approximate surface area is 250 Å². The molecule has 0 nitrogen and oxygen atoms in total. The summed E-state index contributed by atoms with van der Waals surface area (Å²) >= 11 is 1.46. The molecule has 0 bridgehead atoms. The van der Waals surface area contributed by atoms with Crippen LogP contribution in [0.2, 0.25) is 0 Å². The van der Waals surface area contributed by atoms with Gasteiger partial charge in [-0.25, -0.2) is 5.57 Å². The van der Waals surface area contributed by atoms with Gasteiger partial charge >= 0.3 is 86.7 Å². The SMILES string of the molecule is CC1=[C-]C(C)C=C1C(C)C.[Cl-].[Cl-].[Zr+2]=[CH]c1cccc2ccccc12.[c-]1cccc2c1Cc1ccccc1-2. The zero-order valence-corrected chi connectivity index (χ0v) is 25.8. The minimum Gasteiger partial charge on any atom is -0.179 e. The fourth-order valence-electron chi connectivity index (χ4n) is 4.86. The third-order valence-corrected chi connectivity index (χ3v) is 7.29. The summed E-state index contributed by atoms with van der Waals surface area (Å²) in [5.74, 6) is 1.20. The zero-order chi connectivity index (χ0) is 24.8. The summed E-state index contributed by atoms with van der Waals surface area (Å²) in [6.45, 7) is 8.79. The molecule has 188 valence electrons. The van der Waals surface area contributed by atoms with E-state index in [4.69, 9.17) is 0 Å². The van der Waals surface area contributed by atoms with E-state index in [1.165, 1.54) is 74.0 Å². The van der Waals surface area contributed by atoms with Crippen LogP contribution < -0.4 is 24.8 Å². The summed E-state index contributed by atoms with van der Waals surface area (Å²) < 4.78 is 2.23. The summed E-state index contributed by atoms with van der Waals surface area (Å²) in [4.78, 5) is 0. The number of rotatable bonds is 2. The van der Waals surface area contributed by atoms with Gasteiger partial charge in [0.05, 0.1) is 0 Å². The van der Waals surface area contributed by atoms with Crippen LogP contribution in [-0.2, 0) is 30.7 Å². The van der Waals surface area contributed by atoms with Crippen molar-refractivity contribution in [1.82, 2.24) is 0 Å². The number of hydrogen-bond acceptors (Lipinski definition) is 0. The first-order valence-corrected chi connectivity index (χ1v) is 13.8. The van der Waals surface area contributed by atoms with Gasteiger partial charge < -0.3 is 24.8 Å². The van der Waals surface area contributed by atoms with Gasteiger partial charge in [-0.2, -0.15) is 41.5 Å². The van der Waals surface area contributed by atoms with Crippen LogP contribution in [0.4, 0.5) is 0 Å². The van der Waals surface area contributed by atoms with Crippen LogP contribution in [0.15, 0.2) is 102 Å². The van der Waals surface area contributed by atoms with Gasteiger partial charge in [0, 0.05) is 0 Å². The number of benzene rings is 4. The molecule has 0 aromatic heterocycles. The summed E-state index contributed by atoms with van der Waals surface area (Å²) in [7, 11) is 0. The van der Waals surface area contributed by atoms with Crippen molar-refractivity contribution < 1.29 is 49.0 Å². The maximum atomic E-state index is 3.37. The minimum absolute atomic E-state index is 0. The summed E-state index contributed by atoms with van der Waals surface area (Å²) in [5, 5.41) is 2.69. The quantitative estimate of drug-likeness (QED) is 0.273. The van der Waals surface area contributed by atoms with Gasteiger partial charge in [0.25, 0.3) is 0 Å². The van der Waals surface area contributed by atoms with Gasteiger partial charge in [-0.3, -0.25) is 6.08 Å².